The number of aliphatic hydroxyl groups is 4. The number of phenolic OH excluding ortho intramolecular Hbond substituents is 2. The first-order chi connectivity index (χ1) is 40.1. The largest absolute Gasteiger partial charge is 0.508 e. The van der Waals surface area contributed by atoms with E-state index in [0.717, 1.165) is 100 Å². The van der Waals surface area contributed by atoms with Crippen molar-refractivity contribution in [2.24, 2.45) is 57.1 Å². The Labute approximate surface area is 497 Å². The molecule has 5 aliphatic carbocycles. The molecule has 10 N–H and O–H groups in total. The van der Waals surface area contributed by atoms with Gasteiger partial charge in [-0.25, -0.2) is 4.99 Å². The maximum absolute atomic E-state index is 13.5. The molecule has 4 aliphatic heterocycles. The Morgan fingerprint density at radius 1 is 0.855 bits per heavy atom. The molecule has 0 aromatic heterocycles. The second-order valence-electron chi connectivity index (χ2n) is 26.0. The van der Waals surface area contributed by atoms with E-state index in [0.29, 0.717) is 71.3 Å². The van der Waals surface area contributed by atoms with Gasteiger partial charge in [0.25, 0.3) is 0 Å². The highest BCUT2D eigenvalue weighted by Gasteiger charge is 2.59. The number of guanidine groups is 1. The van der Waals surface area contributed by atoms with Crippen molar-refractivity contribution in [1.29, 1.82) is 0 Å². The summed E-state index contributed by atoms with van der Waals surface area (Å²) in [6, 6.07) is 10.7. The first-order valence-corrected chi connectivity index (χ1v) is 33.1. The number of benzene rings is 3. The molecule has 3 spiro atoms. The number of ether oxygens (including phenoxy) is 4. The number of aliphatic imine (C=N–C) groups is 1. The van der Waals surface area contributed by atoms with Crippen LogP contribution in [-0.2, 0) is 48.1 Å². The molecule has 3 aromatic carbocycles. The Morgan fingerprint density at radius 2 is 1.69 bits per heavy atom. The fraction of sp³-hybridized carbons (Fsp3) is 0.636. The number of methoxy groups -OCH3 is 1. The topological polar surface area (TPSA) is 238 Å². The molecule has 15 nitrogen and oxygen atoms in total. The van der Waals surface area contributed by atoms with Gasteiger partial charge in [-0.1, -0.05) is 77.3 Å². The third kappa shape index (κ3) is 12.7. The van der Waals surface area contributed by atoms with E-state index in [1.54, 1.807) is 34.8 Å². The molecule has 6 bridgehead atoms. The van der Waals surface area contributed by atoms with Crippen molar-refractivity contribution >= 4 is 33.3 Å². The zero-order valence-electron chi connectivity index (χ0n) is 48.6. The summed E-state index contributed by atoms with van der Waals surface area (Å²) in [5, 5.41) is 74.4. The lowest BCUT2D eigenvalue weighted by atomic mass is 9.55. The molecule has 17 heteroatoms. The first-order valence-electron chi connectivity index (χ1n) is 30.6. The summed E-state index contributed by atoms with van der Waals surface area (Å²) >= 11 is 0. The number of fused-ring (bicyclic) bond motifs is 7. The molecule has 0 radical (unpaired) electrons. The lowest BCUT2D eigenvalue weighted by Gasteiger charge is -2.54. The Morgan fingerprint density at radius 3 is 2.51 bits per heavy atom. The normalized spacial score (nSPS) is 33.2. The standard InChI is InChI=1S/C66H86N4O11S2/c1-39(2)56-34-83-82-33-54-53-30-52-42-11-17-50(75)29-49(74)16-10-40-13-20-57(76)60(80-38-72)51(40)8-4-6-44(26-42)59(61(52)81-62(53)77)79-37-68-66-36-65(25-24-64(35-65)22-5-7-41-28-48(73)18-12-45(41)31-64)23-21-47(66)27-43(58(32-71)78-3)9-14-46(66)15-19-55(54)69-63(67)70-56/h12-13,18,20,26,28,39,43,46-47,50,53-56,58,62,68,71-73,75-77H,5-7,9-11,14,16-17,21-25,27,29-38H2,1-3H3,(H3,67,69,70). The number of aromatic hydroxyl groups is 2. The van der Waals surface area contributed by atoms with Crippen LogP contribution in [0.2, 0.25) is 0 Å². The fourth-order valence-electron chi connectivity index (χ4n) is 16.3. The summed E-state index contributed by atoms with van der Waals surface area (Å²) in [5.41, 5.74) is 12.7. The Kier molecular flexibility index (Phi) is 18.5. The summed E-state index contributed by atoms with van der Waals surface area (Å²) in [6.07, 6.45) is 12.0. The predicted octanol–water partition coefficient (Wildman–Crippen LogP) is 8.04. The summed E-state index contributed by atoms with van der Waals surface area (Å²) in [6.45, 7) is 3.65. The van der Waals surface area contributed by atoms with Gasteiger partial charge in [0.2, 0.25) is 6.29 Å². The SMILES string of the molecule is COC(CO)C1CCC2C#CC3NC(N)=NC(C(C)C)CSSCC3C3Cc4c5cc(c(c4OC3O)OCNC23CC2(CCC3C1)CCC1(CCCc3cc(O)ccc3C1)C2)CC#Cc1c(ccc(O)c1OCO)CCC(=O)CC(O)CC5. The highest BCUT2D eigenvalue weighted by atomic mass is 33.1. The molecule has 13 unspecified atom stereocenters. The summed E-state index contributed by atoms with van der Waals surface area (Å²) in [7, 11) is 5.24. The number of nitrogens with one attached hydrogen (secondary N) is 2. The fourth-order valence-corrected chi connectivity index (χ4v) is 19.2. The van der Waals surface area contributed by atoms with E-state index in [1.165, 1.54) is 17.2 Å². The number of phenols is 2. The second-order valence-corrected chi connectivity index (χ2v) is 28.5. The van der Waals surface area contributed by atoms with E-state index in [9.17, 15) is 35.4 Å². The van der Waals surface area contributed by atoms with Crippen LogP contribution in [-0.4, -0.2) is 117 Å². The summed E-state index contributed by atoms with van der Waals surface area (Å²) in [4.78, 5) is 18.6. The van der Waals surface area contributed by atoms with Gasteiger partial charge in [-0.15, -0.1) is 0 Å². The minimum atomic E-state index is -1.28. The van der Waals surface area contributed by atoms with Crippen LogP contribution in [0.25, 0.3) is 0 Å². The molecule has 4 heterocycles. The van der Waals surface area contributed by atoms with Crippen LogP contribution in [0.15, 0.2) is 41.4 Å². The van der Waals surface area contributed by atoms with E-state index in [1.807, 2.05) is 12.1 Å². The molecular formula is C66H86N4O11S2. The summed E-state index contributed by atoms with van der Waals surface area (Å²) < 4.78 is 25.8. The molecule has 0 saturated heterocycles. The van der Waals surface area contributed by atoms with E-state index in [-0.39, 0.29) is 102 Å². The van der Waals surface area contributed by atoms with E-state index < -0.39 is 36.7 Å². The van der Waals surface area contributed by atoms with Gasteiger partial charge >= 0.3 is 0 Å². The average Bonchev–Trinajstić information content (AvgIpc) is 2.44. The molecule has 3 fully saturated rings. The van der Waals surface area contributed by atoms with Crippen LogP contribution in [0.5, 0.6) is 28.7 Å². The van der Waals surface area contributed by atoms with Gasteiger partial charge in [-0.3, -0.25) is 10.1 Å². The number of carbonyl (C=O) groups excluding carboxylic acids is 1. The zero-order valence-corrected chi connectivity index (χ0v) is 50.2. The van der Waals surface area contributed by atoms with Gasteiger partial charge in [-0.2, -0.15) is 0 Å². The number of carbonyl (C=O) groups is 1. The van der Waals surface area contributed by atoms with Crippen molar-refractivity contribution in [2.75, 3.05) is 38.7 Å². The molecule has 9 aliphatic rings. The maximum Gasteiger partial charge on any atom is 0.201 e. The Bertz CT molecular complexity index is 3020. The van der Waals surface area contributed by atoms with Gasteiger partial charge in [0.15, 0.2) is 35.8 Å². The highest BCUT2D eigenvalue weighted by Crippen LogP contribution is 2.65. The van der Waals surface area contributed by atoms with E-state index >= 15 is 0 Å². The number of aryl methyl sites for hydroxylation is 3. The van der Waals surface area contributed by atoms with Gasteiger partial charge in [-0.05, 0) is 178 Å². The van der Waals surface area contributed by atoms with Crippen molar-refractivity contribution in [3.05, 3.63) is 75.3 Å². The number of nitrogens with two attached hydrogens (primary N) is 1. The van der Waals surface area contributed by atoms with Crippen molar-refractivity contribution in [3.8, 4) is 52.4 Å². The molecule has 0 amide bonds. The van der Waals surface area contributed by atoms with E-state index in [4.69, 9.17) is 29.7 Å². The second kappa shape index (κ2) is 25.6. The molecule has 3 saturated carbocycles. The van der Waals surface area contributed by atoms with Gasteiger partial charge in [0.05, 0.1) is 36.5 Å². The quantitative estimate of drug-likeness (QED) is 0.0645. The number of Topliss-reactive ketones (excluding diaryl/α,β-unsaturated/α-hetero) is 1. The molecular weight excluding hydrogens is 1090 g/mol. The minimum Gasteiger partial charge on any atom is -0.508 e. The number of rotatable bonds is 6. The Hall–Kier alpha value is -4.82. The molecule has 3 aromatic rings. The van der Waals surface area contributed by atoms with Crippen molar-refractivity contribution < 1.29 is 54.4 Å². The number of hydrogen-bond acceptors (Lipinski definition) is 17. The van der Waals surface area contributed by atoms with Gasteiger partial charge in [0, 0.05) is 72.3 Å². The number of aliphatic hydroxyl groups excluding tert-OH is 4. The van der Waals surface area contributed by atoms with Crippen molar-refractivity contribution in [2.45, 2.75) is 178 Å². The van der Waals surface area contributed by atoms with Crippen LogP contribution in [0.4, 0.5) is 0 Å². The average molecular weight is 1180 g/mol. The van der Waals surface area contributed by atoms with Crippen LogP contribution in [0.3, 0.4) is 0 Å². The van der Waals surface area contributed by atoms with Crippen LogP contribution < -0.4 is 30.6 Å². The minimum absolute atomic E-state index is 0.00615. The van der Waals surface area contributed by atoms with Crippen molar-refractivity contribution in [1.82, 2.24) is 10.6 Å². The highest BCUT2D eigenvalue weighted by molar-refractivity contribution is 8.76. The van der Waals surface area contributed by atoms with Crippen molar-refractivity contribution in [3.63, 3.8) is 0 Å². The summed E-state index contributed by atoms with van der Waals surface area (Å²) in [5.74, 6) is 16.7. The third-order valence-electron chi connectivity index (χ3n) is 20.6. The number of ketones is 1. The van der Waals surface area contributed by atoms with Crippen LogP contribution in [0.1, 0.15) is 143 Å². The zero-order chi connectivity index (χ0) is 58.0. The third-order valence-corrected chi connectivity index (χ3v) is 23.1. The smallest absolute Gasteiger partial charge is 0.201 e. The Balaban J connectivity index is 1.07. The number of nitrogens with zero attached hydrogens (tertiary/aromatic N) is 1. The first kappa shape index (κ1) is 59.9. The lowest BCUT2D eigenvalue weighted by molar-refractivity contribution is -0.121. The number of hydrogen-bond donors (Lipinski definition) is 9. The van der Waals surface area contributed by atoms with E-state index in [2.05, 4.69) is 60.3 Å². The monoisotopic (exact) mass is 1170 g/mol. The molecule has 448 valence electrons. The lowest BCUT2D eigenvalue weighted by Crippen LogP contribution is -2.62. The molecule has 13 atom stereocenters. The van der Waals surface area contributed by atoms with Crippen LogP contribution >= 0.6 is 21.6 Å². The van der Waals surface area contributed by atoms with Crippen LogP contribution in [0, 0.1) is 70.0 Å². The molecule has 12 rings (SSSR count). The maximum atomic E-state index is 13.5. The van der Waals surface area contributed by atoms with Gasteiger partial charge < -0.3 is 60.6 Å². The predicted molar refractivity (Wildman–Crippen MR) is 323 cm³/mol. The molecule has 83 heavy (non-hydrogen) atoms. The van der Waals surface area contributed by atoms with Gasteiger partial charge in [0.1, 0.15) is 18.3 Å².